The summed E-state index contributed by atoms with van der Waals surface area (Å²) < 4.78 is 0. The van der Waals surface area contributed by atoms with Crippen LogP contribution in [0.25, 0.3) is 0 Å². The van der Waals surface area contributed by atoms with Crippen molar-refractivity contribution in [2.45, 2.75) is 45.1 Å². The zero-order valence-corrected chi connectivity index (χ0v) is 14.2. The maximum Gasteiger partial charge on any atom is 0.227 e. The number of nitrogens with one attached hydrogen (secondary N) is 1. The number of hydrogen-bond acceptors (Lipinski definition) is 3. The highest BCUT2D eigenvalue weighted by atomic mass is 16.2. The third-order valence-electron chi connectivity index (χ3n) is 5.29. The van der Waals surface area contributed by atoms with Gasteiger partial charge in [-0.15, -0.1) is 0 Å². The first-order chi connectivity index (χ1) is 11.7. The van der Waals surface area contributed by atoms with Crippen molar-refractivity contribution in [3.63, 3.8) is 0 Å². The summed E-state index contributed by atoms with van der Waals surface area (Å²) in [5.41, 5.74) is 7.65. The topological polar surface area (TPSA) is 75.4 Å². The minimum atomic E-state index is 0.0299. The second kappa shape index (κ2) is 7.79. The molecule has 1 aliphatic carbocycles. The van der Waals surface area contributed by atoms with Crippen LogP contribution in [0.4, 0.5) is 5.69 Å². The molecular weight excluding hydrogens is 302 g/mol. The van der Waals surface area contributed by atoms with E-state index in [1.807, 2.05) is 29.2 Å². The van der Waals surface area contributed by atoms with E-state index in [2.05, 4.69) is 5.32 Å². The molecular formula is C19H27N3O2. The molecule has 1 aromatic carbocycles. The molecule has 0 unspecified atom stereocenters. The van der Waals surface area contributed by atoms with Crippen LogP contribution >= 0.6 is 0 Å². The van der Waals surface area contributed by atoms with Crippen LogP contribution in [-0.4, -0.2) is 29.8 Å². The summed E-state index contributed by atoms with van der Waals surface area (Å²) in [6.07, 6.45) is 5.77. The number of hydrogen-bond donors (Lipinski definition) is 2. The van der Waals surface area contributed by atoms with Gasteiger partial charge < -0.3 is 16.0 Å². The summed E-state index contributed by atoms with van der Waals surface area (Å²) in [5, 5.41) is 3.04. The number of likely N-dealkylation sites (tertiary alicyclic amines) is 1. The van der Waals surface area contributed by atoms with E-state index in [0.29, 0.717) is 25.4 Å². The van der Waals surface area contributed by atoms with Gasteiger partial charge in [-0.3, -0.25) is 9.59 Å². The van der Waals surface area contributed by atoms with Gasteiger partial charge in [-0.2, -0.15) is 0 Å². The number of carbonyl (C=O) groups is 2. The van der Waals surface area contributed by atoms with Gasteiger partial charge in [0.15, 0.2) is 0 Å². The van der Waals surface area contributed by atoms with E-state index in [1.165, 1.54) is 0 Å². The number of carbonyl (C=O) groups excluding carboxylic acids is 2. The molecule has 1 aromatic rings. The van der Waals surface area contributed by atoms with Gasteiger partial charge in [0.05, 0.1) is 0 Å². The maximum absolute atomic E-state index is 12.5. The van der Waals surface area contributed by atoms with Crippen molar-refractivity contribution in [2.75, 3.05) is 18.4 Å². The Hall–Kier alpha value is -1.88. The molecule has 2 fully saturated rings. The van der Waals surface area contributed by atoms with Crippen molar-refractivity contribution >= 4 is 17.5 Å². The summed E-state index contributed by atoms with van der Waals surface area (Å²) in [6, 6.07) is 7.84. The Morgan fingerprint density at radius 3 is 2.92 bits per heavy atom. The Morgan fingerprint density at radius 1 is 1.25 bits per heavy atom. The van der Waals surface area contributed by atoms with Crippen LogP contribution in [0.5, 0.6) is 0 Å². The fourth-order valence-electron chi connectivity index (χ4n) is 3.90. The van der Waals surface area contributed by atoms with E-state index < -0.39 is 0 Å². The second-order valence-corrected chi connectivity index (χ2v) is 7.00. The van der Waals surface area contributed by atoms with E-state index in [0.717, 1.165) is 49.9 Å². The highest BCUT2D eigenvalue weighted by molar-refractivity contribution is 5.93. The maximum atomic E-state index is 12.5. The Morgan fingerprint density at radius 2 is 2.12 bits per heavy atom. The summed E-state index contributed by atoms with van der Waals surface area (Å²) >= 11 is 0. The molecule has 2 aliphatic rings. The average Bonchev–Trinajstić information content (AvgIpc) is 3.06. The third-order valence-corrected chi connectivity index (χ3v) is 5.29. The van der Waals surface area contributed by atoms with Gasteiger partial charge in [-0.05, 0) is 55.8 Å². The van der Waals surface area contributed by atoms with Crippen LogP contribution in [0.1, 0.15) is 44.1 Å². The molecule has 0 bridgehead atoms. The smallest absolute Gasteiger partial charge is 0.227 e. The van der Waals surface area contributed by atoms with Crippen LogP contribution in [0.15, 0.2) is 24.3 Å². The van der Waals surface area contributed by atoms with E-state index in [4.69, 9.17) is 5.73 Å². The molecule has 24 heavy (non-hydrogen) atoms. The Labute approximate surface area is 143 Å². The zero-order valence-electron chi connectivity index (χ0n) is 14.2. The molecule has 0 spiro atoms. The number of piperidine rings is 1. The summed E-state index contributed by atoms with van der Waals surface area (Å²) in [4.78, 5) is 26.4. The van der Waals surface area contributed by atoms with E-state index >= 15 is 0 Å². The van der Waals surface area contributed by atoms with Gasteiger partial charge in [0.25, 0.3) is 0 Å². The van der Waals surface area contributed by atoms with Gasteiger partial charge in [0.2, 0.25) is 11.8 Å². The summed E-state index contributed by atoms with van der Waals surface area (Å²) in [6.45, 7) is 2.03. The quantitative estimate of drug-likeness (QED) is 0.871. The lowest BCUT2D eigenvalue weighted by Gasteiger charge is -2.27. The van der Waals surface area contributed by atoms with Gasteiger partial charge >= 0.3 is 0 Å². The fraction of sp³-hybridized carbons (Fsp3) is 0.579. The molecule has 1 saturated carbocycles. The fourth-order valence-corrected chi connectivity index (χ4v) is 3.90. The van der Waals surface area contributed by atoms with Crippen LogP contribution in [0.3, 0.4) is 0 Å². The third kappa shape index (κ3) is 3.96. The first kappa shape index (κ1) is 17.0. The molecule has 5 heteroatoms. The number of nitrogens with zero attached hydrogens (tertiary/aromatic N) is 1. The zero-order chi connectivity index (χ0) is 16.9. The molecule has 1 saturated heterocycles. The lowest BCUT2D eigenvalue weighted by Crippen LogP contribution is -2.34. The van der Waals surface area contributed by atoms with Crippen LogP contribution in [0, 0.1) is 11.8 Å². The standard InChI is InChI=1S/C19H27N3O2/c20-12-15-6-4-8-17(15)19(24)21-16-7-3-5-14(11-16)13-22-10-2-1-9-18(22)23/h3,5,7,11,15,17H,1-2,4,6,8-10,12-13,20H2,(H,21,24)/t15-,17-/m1/s1. The highest BCUT2D eigenvalue weighted by Crippen LogP contribution is 2.32. The van der Waals surface area contributed by atoms with Crippen LogP contribution < -0.4 is 11.1 Å². The predicted octanol–water partition coefficient (Wildman–Crippen LogP) is 2.51. The predicted molar refractivity (Wildman–Crippen MR) is 94.2 cm³/mol. The molecule has 5 nitrogen and oxygen atoms in total. The Bertz CT molecular complexity index is 602. The minimum Gasteiger partial charge on any atom is -0.338 e. The Kier molecular flexibility index (Phi) is 5.51. The number of benzene rings is 1. The lowest BCUT2D eigenvalue weighted by molar-refractivity contribution is -0.133. The molecule has 2 atom stereocenters. The molecule has 0 aromatic heterocycles. The summed E-state index contributed by atoms with van der Waals surface area (Å²) in [5.74, 6) is 0.642. The molecule has 130 valence electrons. The number of nitrogens with two attached hydrogens (primary N) is 1. The van der Waals surface area contributed by atoms with E-state index in [1.54, 1.807) is 0 Å². The molecule has 0 radical (unpaired) electrons. The summed E-state index contributed by atoms with van der Waals surface area (Å²) in [7, 11) is 0. The molecule has 3 N–H and O–H groups in total. The highest BCUT2D eigenvalue weighted by Gasteiger charge is 2.31. The van der Waals surface area contributed by atoms with Crippen molar-refractivity contribution in [2.24, 2.45) is 17.6 Å². The average molecular weight is 329 g/mol. The normalized spacial score (nSPS) is 24.2. The number of rotatable bonds is 5. The van der Waals surface area contributed by atoms with Gasteiger partial charge in [-0.1, -0.05) is 18.6 Å². The first-order valence-corrected chi connectivity index (χ1v) is 9.05. The van der Waals surface area contributed by atoms with Gasteiger partial charge in [-0.25, -0.2) is 0 Å². The van der Waals surface area contributed by atoms with Crippen molar-refractivity contribution in [1.82, 2.24) is 4.90 Å². The largest absolute Gasteiger partial charge is 0.338 e. The first-order valence-electron chi connectivity index (χ1n) is 9.05. The second-order valence-electron chi connectivity index (χ2n) is 7.00. The van der Waals surface area contributed by atoms with Crippen molar-refractivity contribution in [3.05, 3.63) is 29.8 Å². The molecule has 3 rings (SSSR count). The number of amides is 2. The van der Waals surface area contributed by atoms with Crippen LogP contribution in [0.2, 0.25) is 0 Å². The van der Waals surface area contributed by atoms with E-state index in [9.17, 15) is 9.59 Å². The van der Waals surface area contributed by atoms with Gasteiger partial charge in [0, 0.05) is 31.1 Å². The van der Waals surface area contributed by atoms with Crippen molar-refractivity contribution in [1.29, 1.82) is 0 Å². The molecule has 2 amide bonds. The lowest BCUT2D eigenvalue weighted by atomic mass is 9.95. The van der Waals surface area contributed by atoms with Crippen molar-refractivity contribution in [3.8, 4) is 0 Å². The monoisotopic (exact) mass is 329 g/mol. The number of anilines is 1. The SMILES string of the molecule is NC[C@H]1CCC[C@H]1C(=O)Nc1cccc(CN2CCCCC2=O)c1. The van der Waals surface area contributed by atoms with Gasteiger partial charge in [0.1, 0.15) is 0 Å². The molecule has 1 aliphatic heterocycles. The van der Waals surface area contributed by atoms with Crippen molar-refractivity contribution < 1.29 is 9.59 Å². The van der Waals surface area contributed by atoms with Crippen LogP contribution in [-0.2, 0) is 16.1 Å². The van der Waals surface area contributed by atoms with E-state index in [-0.39, 0.29) is 17.7 Å². The minimum absolute atomic E-state index is 0.0299. The Balaban J connectivity index is 1.62. The molecule has 1 heterocycles.